The average molecular weight is 252 g/mol. The SMILES string of the molecule is COc1cc(C(C)(C)C)c(O)cc1C(C)(C)CO. The van der Waals surface area contributed by atoms with Crippen LogP contribution in [0.4, 0.5) is 0 Å². The minimum absolute atomic E-state index is 0.00232. The Hall–Kier alpha value is -1.22. The van der Waals surface area contributed by atoms with Gasteiger partial charge in [-0.15, -0.1) is 0 Å². The van der Waals surface area contributed by atoms with E-state index in [2.05, 4.69) is 0 Å². The molecule has 0 bridgehead atoms. The Morgan fingerprint density at radius 2 is 1.61 bits per heavy atom. The van der Waals surface area contributed by atoms with E-state index in [-0.39, 0.29) is 17.8 Å². The molecule has 1 aromatic rings. The van der Waals surface area contributed by atoms with Crippen molar-refractivity contribution in [3.8, 4) is 11.5 Å². The number of phenolic OH excluding ortho intramolecular Hbond substituents is 1. The second-order valence-electron chi connectivity index (χ2n) is 6.36. The van der Waals surface area contributed by atoms with Crippen LogP contribution in [0.2, 0.25) is 0 Å². The summed E-state index contributed by atoms with van der Waals surface area (Å²) in [4.78, 5) is 0. The van der Waals surface area contributed by atoms with Gasteiger partial charge in [0.05, 0.1) is 13.7 Å². The van der Waals surface area contributed by atoms with Crippen LogP contribution in [0.3, 0.4) is 0 Å². The standard InChI is InChI=1S/C15H24O3/c1-14(2,3)10-8-13(18-6)11(7-12(10)17)15(4,5)9-16/h7-8,16-17H,9H2,1-6H3. The lowest BCUT2D eigenvalue weighted by Gasteiger charge is -2.28. The molecule has 0 amide bonds. The maximum atomic E-state index is 10.2. The van der Waals surface area contributed by atoms with Crippen LogP contribution in [-0.2, 0) is 10.8 Å². The molecule has 102 valence electrons. The Balaban J connectivity index is 3.46. The van der Waals surface area contributed by atoms with Crippen molar-refractivity contribution in [3.05, 3.63) is 23.3 Å². The first-order chi connectivity index (χ1) is 8.13. The lowest BCUT2D eigenvalue weighted by Crippen LogP contribution is -2.23. The van der Waals surface area contributed by atoms with Crippen LogP contribution in [0.15, 0.2) is 12.1 Å². The largest absolute Gasteiger partial charge is 0.508 e. The van der Waals surface area contributed by atoms with Gasteiger partial charge >= 0.3 is 0 Å². The van der Waals surface area contributed by atoms with E-state index in [4.69, 9.17) is 4.74 Å². The normalized spacial score (nSPS) is 12.6. The molecule has 3 heteroatoms. The predicted molar refractivity (Wildman–Crippen MR) is 73.5 cm³/mol. The number of aliphatic hydroxyl groups excluding tert-OH is 1. The fourth-order valence-corrected chi connectivity index (χ4v) is 1.95. The van der Waals surface area contributed by atoms with Gasteiger partial charge in [-0.2, -0.15) is 0 Å². The van der Waals surface area contributed by atoms with Gasteiger partial charge in [-0.05, 0) is 17.5 Å². The molecule has 1 rings (SSSR count). The highest BCUT2D eigenvalue weighted by atomic mass is 16.5. The summed E-state index contributed by atoms with van der Waals surface area (Å²) < 4.78 is 5.40. The molecule has 0 unspecified atom stereocenters. The van der Waals surface area contributed by atoms with Crippen molar-refractivity contribution >= 4 is 0 Å². The summed E-state index contributed by atoms with van der Waals surface area (Å²) in [5, 5.41) is 19.6. The molecule has 0 aliphatic carbocycles. The molecule has 0 aliphatic heterocycles. The van der Waals surface area contributed by atoms with Gasteiger partial charge in [-0.3, -0.25) is 0 Å². The van der Waals surface area contributed by atoms with Gasteiger partial charge in [-0.1, -0.05) is 34.6 Å². The molecular formula is C15H24O3. The van der Waals surface area contributed by atoms with Gasteiger partial charge in [0.2, 0.25) is 0 Å². The molecule has 0 atom stereocenters. The molecule has 0 radical (unpaired) electrons. The Kier molecular flexibility index (Phi) is 3.96. The number of hydrogen-bond acceptors (Lipinski definition) is 3. The highest BCUT2D eigenvalue weighted by Crippen LogP contribution is 2.40. The van der Waals surface area contributed by atoms with Crippen molar-refractivity contribution in [1.82, 2.24) is 0 Å². The van der Waals surface area contributed by atoms with Gasteiger partial charge in [0.25, 0.3) is 0 Å². The summed E-state index contributed by atoms with van der Waals surface area (Å²) in [5.41, 5.74) is 1.06. The summed E-state index contributed by atoms with van der Waals surface area (Å²) in [7, 11) is 1.61. The van der Waals surface area contributed by atoms with Gasteiger partial charge in [0, 0.05) is 16.5 Å². The fourth-order valence-electron chi connectivity index (χ4n) is 1.95. The second kappa shape index (κ2) is 4.81. The molecule has 18 heavy (non-hydrogen) atoms. The molecule has 0 fully saturated rings. The van der Waals surface area contributed by atoms with Gasteiger partial charge in [-0.25, -0.2) is 0 Å². The number of ether oxygens (including phenoxy) is 1. The third-order valence-corrected chi connectivity index (χ3v) is 3.25. The first-order valence-electron chi connectivity index (χ1n) is 6.16. The molecule has 0 aromatic heterocycles. The summed E-state index contributed by atoms with van der Waals surface area (Å²) in [6.45, 7) is 9.95. The smallest absolute Gasteiger partial charge is 0.123 e. The molecule has 0 saturated carbocycles. The van der Waals surface area contributed by atoms with Crippen LogP contribution in [-0.4, -0.2) is 23.9 Å². The average Bonchev–Trinajstić information content (AvgIpc) is 2.27. The number of rotatable bonds is 3. The molecule has 0 spiro atoms. The van der Waals surface area contributed by atoms with E-state index >= 15 is 0 Å². The van der Waals surface area contributed by atoms with Gasteiger partial charge in [0.15, 0.2) is 0 Å². The maximum absolute atomic E-state index is 10.2. The maximum Gasteiger partial charge on any atom is 0.123 e. The van der Waals surface area contributed by atoms with E-state index < -0.39 is 5.41 Å². The number of methoxy groups -OCH3 is 1. The predicted octanol–water partition coefficient (Wildman–Crippen LogP) is 2.97. The van der Waals surface area contributed by atoms with E-state index in [1.54, 1.807) is 13.2 Å². The number of benzene rings is 1. The molecule has 0 saturated heterocycles. The second-order valence-corrected chi connectivity index (χ2v) is 6.36. The van der Waals surface area contributed by atoms with Crippen molar-refractivity contribution in [1.29, 1.82) is 0 Å². The highest BCUT2D eigenvalue weighted by Gasteiger charge is 2.28. The van der Waals surface area contributed by atoms with Crippen LogP contribution in [0.5, 0.6) is 11.5 Å². The van der Waals surface area contributed by atoms with Crippen molar-refractivity contribution in [2.45, 2.75) is 45.4 Å². The molecule has 3 nitrogen and oxygen atoms in total. The highest BCUT2D eigenvalue weighted by molar-refractivity contribution is 5.51. The van der Waals surface area contributed by atoms with Gasteiger partial charge < -0.3 is 14.9 Å². The van der Waals surface area contributed by atoms with Gasteiger partial charge in [0.1, 0.15) is 11.5 Å². The Morgan fingerprint density at radius 1 is 1.06 bits per heavy atom. The van der Waals surface area contributed by atoms with E-state index in [9.17, 15) is 10.2 Å². The van der Waals surface area contributed by atoms with E-state index in [1.165, 1.54) is 0 Å². The van der Waals surface area contributed by atoms with E-state index in [0.717, 1.165) is 11.1 Å². The first kappa shape index (κ1) is 14.8. The third-order valence-electron chi connectivity index (χ3n) is 3.25. The lowest BCUT2D eigenvalue weighted by atomic mass is 9.80. The molecular weight excluding hydrogens is 228 g/mol. The number of aromatic hydroxyl groups is 1. The minimum atomic E-state index is -0.445. The first-order valence-corrected chi connectivity index (χ1v) is 6.16. The molecule has 1 aromatic carbocycles. The van der Waals surface area contributed by atoms with Crippen LogP contribution in [0, 0.1) is 0 Å². The number of hydrogen-bond donors (Lipinski definition) is 2. The fraction of sp³-hybridized carbons (Fsp3) is 0.600. The summed E-state index contributed by atoms with van der Waals surface area (Å²) >= 11 is 0. The van der Waals surface area contributed by atoms with Crippen LogP contribution in [0.1, 0.15) is 45.7 Å². The zero-order valence-corrected chi connectivity index (χ0v) is 12.2. The van der Waals surface area contributed by atoms with Crippen molar-refractivity contribution in [3.63, 3.8) is 0 Å². The summed E-state index contributed by atoms with van der Waals surface area (Å²) in [6, 6.07) is 3.57. The zero-order valence-electron chi connectivity index (χ0n) is 12.2. The van der Waals surface area contributed by atoms with Crippen LogP contribution >= 0.6 is 0 Å². The molecule has 0 heterocycles. The van der Waals surface area contributed by atoms with Crippen molar-refractivity contribution < 1.29 is 14.9 Å². The quantitative estimate of drug-likeness (QED) is 0.869. The van der Waals surface area contributed by atoms with Crippen LogP contribution < -0.4 is 4.74 Å². The Morgan fingerprint density at radius 3 is 2.00 bits per heavy atom. The van der Waals surface area contributed by atoms with Crippen LogP contribution in [0.25, 0.3) is 0 Å². The van der Waals surface area contributed by atoms with E-state index in [1.807, 2.05) is 40.7 Å². The monoisotopic (exact) mass is 252 g/mol. The Bertz CT molecular complexity index is 428. The molecule has 2 N–H and O–H groups in total. The van der Waals surface area contributed by atoms with Crippen molar-refractivity contribution in [2.24, 2.45) is 0 Å². The topological polar surface area (TPSA) is 49.7 Å². The summed E-state index contributed by atoms with van der Waals surface area (Å²) in [6.07, 6.45) is 0. The Labute approximate surface area is 109 Å². The van der Waals surface area contributed by atoms with E-state index in [0.29, 0.717) is 5.75 Å². The van der Waals surface area contributed by atoms with Crippen molar-refractivity contribution in [2.75, 3.05) is 13.7 Å². The molecule has 0 aliphatic rings. The number of phenols is 1. The third kappa shape index (κ3) is 2.78. The zero-order chi connectivity index (χ0) is 14.1. The number of aliphatic hydroxyl groups is 1. The minimum Gasteiger partial charge on any atom is -0.508 e. The summed E-state index contributed by atoms with van der Waals surface area (Å²) in [5.74, 6) is 0.955. The lowest BCUT2D eigenvalue weighted by molar-refractivity contribution is 0.214.